The highest BCUT2D eigenvalue weighted by Crippen LogP contribution is 2.39. The lowest BCUT2D eigenvalue weighted by atomic mass is 9.90. The van der Waals surface area contributed by atoms with E-state index in [1.54, 1.807) is 17.0 Å². The molecular formula is C31H39ClN4O5. The van der Waals surface area contributed by atoms with Crippen molar-refractivity contribution in [2.24, 2.45) is 5.92 Å². The van der Waals surface area contributed by atoms with Crippen molar-refractivity contribution in [3.05, 3.63) is 63.2 Å². The van der Waals surface area contributed by atoms with Crippen LogP contribution in [-0.4, -0.2) is 67.5 Å². The Morgan fingerprint density at radius 2 is 1.95 bits per heavy atom. The Balaban J connectivity index is 1.38. The van der Waals surface area contributed by atoms with Gasteiger partial charge in [0.25, 0.3) is 5.56 Å². The molecule has 1 aromatic heterocycles. The molecule has 0 saturated carbocycles. The van der Waals surface area contributed by atoms with Crippen LogP contribution in [0.2, 0.25) is 5.02 Å². The number of benzene rings is 1. The van der Waals surface area contributed by atoms with Crippen molar-refractivity contribution in [2.75, 3.05) is 13.1 Å². The van der Waals surface area contributed by atoms with Gasteiger partial charge >= 0.3 is 0 Å². The molecule has 0 spiro atoms. The predicted octanol–water partition coefficient (Wildman–Crippen LogP) is 4.39. The molecule has 3 aliphatic heterocycles. The Bertz CT molecular complexity index is 1390. The number of aromatic nitrogens is 2. The van der Waals surface area contributed by atoms with Gasteiger partial charge in [0.15, 0.2) is 0 Å². The third-order valence-electron chi connectivity index (χ3n) is 8.47. The summed E-state index contributed by atoms with van der Waals surface area (Å²) in [5.74, 6) is 0.369. The fraction of sp³-hybridized carbons (Fsp3) is 0.548. The van der Waals surface area contributed by atoms with E-state index >= 15 is 0 Å². The fourth-order valence-electron chi connectivity index (χ4n) is 6.44. The molecule has 0 bridgehead atoms. The number of allylic oxidation sites excluding steroid dienone is 1. The molecule has 2 fully saturated rings. The maximum Gasteiger partial charge on any atom is 0.256 e. The van der Waals surface area contributed by atoms with E-state index in [2.05, 4.69) is 18.5 Å². The zero-order chi connectivity index (χ0) is 29.5. The standard InChI is InChI=1S/C31H39ClN4O5/c1-5-6-7-20-15-35(17-24-27(20)33-28(34-29(24)39)19-8-10-22(32)11-9-19)30(40)25-13-23(37)16-36(25)26(38)12-21-14-31(3,4)41-18(21)2/h8-11,20-21,23,25,37H,2,5-7,12-17H2,1,3-4H3,(H,33,34,39)/t20?,21?,23-,25+/m1/s1. The van der Waals surface area contributed by atoms with Crippen LogP contribution in [0.25, 0.3) is 11.4 Å². The lowest BCUT2D eigenvalue weighted by molar-refractivity contribution is -0.145. The minimum Gasteiger partial charge on any atom is -0.492 e. The summed E-state index contributed by atoms with van der Waals surface area (Å²) in [6.45, 7) is 10.6. The zero-order valence-corrected chi connectivity index (χ0v) is 24.7. The van der Waals surface area contributed by atoms with Gasteiger partial charge in [0.2, 0.25) is 11.8 Å². The van der Waals surface area contributed by atoms with Crippen LogP contribution in [0, 0.1) is 5.92 Å². The van der Waals surface area contributed by atoms with E-state index in [-0.39, 0.29) is 60.7 Å². The number of carbonyl (C=O) groups is 2. The van der Waals surface area contributed by atoms with E-state index in [0.29, 0.717) is 35.1 Å². The Morgan fingerprint density at radius 3 is 2.61 bits per heavy atom. The van der Waals surface area contributed by atoms with Crippen molar-refractivity contribution in [2.45, 2.75) is 89.5 Å². The van der Waals surface area contributed by atoms with Crippen molar-refractivity contribution in [3.63, 3.8) is 0 Å². The second kappa shape index (κ2) is 11.6. The second-order valence-corrected chi connectivity index (χ2v) is 12.7. The summed E-state index contributed by atoms with van der Waals surface area (Å²) in [5, 5.41) is 11.1. The molecule has 41 heavy (non-hydrogen) atoms. The largest absolute Gasteiger partial charge is 0.492 e. The number of β-amino-alcohol motifs (C(OH)–C–C–N with tert-alkyl or cyclic N) is 1. The number of nitrogens with zero attached hydrogens (tertiary/aromatic N) is 3. The molecule has 0 radical (unpaired) electrons. The summed E-state index contributed by atoms with van der Waals surface area (Å²) in [5.41, 5.74) is 1.29. The number of ether oxygens (including phenoxy) is 1. The molecule has 2 amide bonds. The SMILES string of the molecule is C=C1OC(C)(C)CC1CC(=O)N1C[C@H](O)C[C@H]1C(=O)N1Cc2c(nc(-c3ccc(Cl)cc3)[nH]c2=O)C(CCCC)C1. The number of unbranched alkanes of at least 4 members (excludes halogenated alkanes) is 1. The summed E-state index contributed by atoms with van der Waals surface area (Å²) in [6, 6.07) is 6.36. The van der Waals surface area contributed by atoms with E-state index in [1.165, 1.54) is 4.90 Å². The van der Waals surface area contributed by atoms with Crippen LogP contribution in [0.4, 0.5) is 0 Å². The smallest absolute Gasteiger partial charge is 0.256 e. The molecule has 0 aliphatic carbocycles. The molecule has 1 aromatic carbocycles. The molecule has 10 heteroatoms. The van der Waals surface area contributed by atoms with Crippen LogP contribution in [0.1, 0.15) is 76.5 Å². The predicted molar refractivity (Wildman–Crippen MR) is 156 cm³/mol. The number of H-pyrrole nitrogens is 1. The quantitative estimate of drug-likeness (QED) is 0.500. The number of rotatable bonds is 7. The maximum atomic E-state index is 14.0. The van der Waals surface area contributed by atoms with Crippen molar-refractivity contribution in [1.29, 1.82) is 0 Å². The number of likely N-dealkylation sites (tertiary alicyclic amines) is 1. The Labute approximate surface area is 245 Å². The number of fused-ring (bicyclic) bond motifs is 1. The highest BCUT2D eigenvalue weighted by atomic mass is 35.5. The van der Waals surface area contributed by atoms with Crippen LogP contribution in [0.15, 0.2) is 41.4 Å². The molecule has 2 N–H and O–H groups in total. The van der Waals surface area contributed by atoms with E-state index in [9.17, 15) is 19.5 Å². The first-order chi connectivity index (χ1) is 19.5. The normalized spacial score (nSPS) is 25.2. The zero-order valence-electron chi connectivity index (χ0n) is 24.0. The van der Waals surface area contributed by atoms with Gasteiger partial charge in [-0.15, -0.1) is 0 Å². The number of aliphatic hydroxyl groups excluding tert-OH is 1. The minimum absolute atomic E-state index is 0.106. The number of hydrogen-bond donors (Lipinski definition) is 2. The average Bonchev–Trinajstić information content (AvgIpc) is 3.44. The topological polar surface area (TPSA) is 116 Å². The van der Waals surface area contributed by atoms with Gasteiger partial charge in [-0.2, -0.15) is 0 Å². The van der Waals surface area contributed by atoms with Crippen molar-refractivity contribution in [3.8, 4) is 11.4 Å². The number of carbonyl (C=O) groups excluding carboxylic acids is 2. The Hall–Kier alpha value is -3.17. The molecule has 9 nitrogen and oxygen atoms in total. The Morgan fingerprint density at radius 1 is 1.22 bits per heavy atom. The van der Waals surface area contributed by atoms with Gasteiger partial charge in [0.05, 0.1) is 29.7 Å². The third kappa shape index (κ3) is 6.21. The van der Waals surface area contributed by atoms with Gasteiger partial charge in [-0.1, -0.05) is 37.9 Å². The number of aromatic amines is 1. The number of amides is 2. The number of halogens is 1. The van der Waals surface area contributed by atoms with Gasteiger partial charge in [-0.3, -0.25) is 14.4 Å². The fourth-order valence-corrected chi connectivity index (χ4v) is 6.57. The highest BCUT2D eigenvalue weighted by Gasteiger charge is 2.45. The van der Waals surface area contributed by atoms with E-state index in [1.807, 2.05) is 26.0 Å². The summed E-state index contributed by atoms with van der Waals surface area (Å²) < 4.78 is 5.81. The van der Waals surface area contributed by atoms with E-state index in [0.717, 1.165) is 30.5 Å². The molecule has 220 valence electrons. The number of hydrogen-bond acceptors (Lipinski definition) is 6. The van der Waals surface area contributed by atoms with Crippen molar-refractivity contribution in [1.82, 2.24) is 19.8 Å². The molecule has 2 aromatic rings. The van der Waals surface area contributed by atoms with E-state index in [4.69, 9.17) is 21.3 Å². The second-order valence-electron chi connectivity index (χ2n) is 12.2. The summed E-state index contributed by atoms with van der Waals surface area (Å²) in [6.07, 6.45) is 2.90. The average molecular weight is 583 g/mol. The van der Waals surface area contributed by atoms with Gasteiger partial charge in [0.1, 0.15) is 17.5 Å². The van der Waals surface area contributed by atoms with Crippen molar-refractivity contribution >= 4 is 23.4 Å². The van der Waals surface area contributed by atoms with E-state index < -0.39 is 12.1 Å². The van der Waals surface area contributed by atoms with Gasteiger partial charge < -0.3 is 24.6 Å². The molecule has 2 saturated heterocycles. The van der Waals surface area contributed by atoms with Crippen LogP contribution in [-0.2, 0) is 20.9 Å². The maximum absolute atomic E-state index is 14.0. The molecule has 2 unspecified atom stereocenters. The molecule has 4 atom stereocenters. The van der Waals surface area contributed by atoms with Crippen LogP contribution in [0.3, 0.4) is 0 Å². The first-order valence-electron chi connectivity index (χ1n) is 14.5. The van der Waals surface area contributed by atoms with Crippen molar-refractivity contribution < 1.29 is 19.4 Å². The Kier molecular flexibility index (Phi) is 8.30. The molecule has 4 heterocycles. The van der Waals surface area contributed by atoms with Gasteiger partial charge in [0, 0.05) is 48.4 Å². The lowest BCUT2D eigenvalue weighted by Crippen LogP contribution is -2.51. The first-order valence-corrected chi connectivity index (χ1v) is 14.9. The van der Waals surface area contributed by atoms with Gasteiger partial charge in [-0.05, 0) is 51.0 Å². The third-order valence-corrected chi connectivity index (χ3v) is 8.72. The summed E-state index contributed by atoms with van der Waals surface area (Å²) in [4.78, 5) is 51.7. The van der Waals surface area contributed by atoms with Gasteiger partial charge in [-0.25, -0.2) is 4.98 Å². The monoisotopic (exact) mass is 582 g/mol. The lowest BCUT2D eigenvalue weighted by Gasteiger charge is -2.36. The van der Waals surface area contributed by atoms with Crippen LogP contribution < -0.4 is 5.56 Å². The molecule has 5 rings (SSSR count). The summed E-state index contributed by atoms with van der Waals surface area (Å²) >= 11 is 6.04. The van der Waals surface area contributed by atoms with Crippen LogP contribution >= 0.6 is 11.6 Å². The number of aliphatic hydroxyl groups is 1. The minimum atomic E-state index is -0.785. The summed E-state index contributed by atoms with van der Waals surface area (Å²) in [7, 11) is 0. The first kappa shape index (κ1) is 29.3. The van der Waals surface area contributed by atoms with Crippen LogP contribution in [0.5, 0.6) is 0 Å². The molecular weight excluding hydrogens is 544 g/mol. The molecule has 3 aliphatic rings. The highest BCUT2D eigenvalue weighted by molar-refractivity contribution is 6.30. The number of nitrogens with one attached hydrogen (secondary N) is 1.